The standard InChI is InChI=1S/C32H32N2O2S/c1-23-9-5-6-12-27(23)22-34-28-13-7-8-14-29(28)37-30(32(34)36)21-25-15-17-26(18-16-25)31(35)33-20-19-24-10-3-2-4-11-24/h5-10,12-18,21H,2-4,11,19-20,22H2,1H3,(H,33,35)/b30-21+. The molecule has 2 aliphatic rings. The number of aryl methyl sites for hydroxylation is 1. The van der Waals surface area contributed by atoms with Gasteiger partial charge in [-0.15, -0.1) is 0 Å². The largest absolute Gasteiger partial charge is 0.352 e. The van der Waals surface area contributed by atoms with Crippen molar-refractivity contribution in [3.05, 3.63) is 112 Å². The Bertz CT molecular complexity index is 1360. The number of hydrogen-bond donors (Lipinski definition) is 1. The zero-order valence-corrected chi connectivity index (χ0v) is 22.0. The molecule has 0 saturated carbocycles. The van der Waals surface area contributed by atoms with Crippen LogP contribution in [0.4, 0.5) is 5.69 Å². The average Bonchev–Trinajstić information content (AvgIpc) is 2.93. The van der Waals surface area contributed by atoms with Crippen LogP contribution in [-0.2, 0) is 11.3 Å². The van der Waals surface area contributed by atoms with Crippen LogP contribution in [0.25, 0.3) is 6.08 Å². The Morgan fingerprint density at radius 3 is 2.57 bits per heavy atom. The lowest BCUT2D eigenvalue weighted by molar-refractivity contribution is -0.114. The second-order valence-electron chi connectivity index (χ2n) is 9.63. The second-order valence-corrected chi connectivity index (χ2v) is 10.7. The summed E-state index contributed by atoms with van der Waals surface area (Å²) in [7, 11) is 0. The molecule has 0 aromatic heterocycles. The molecule has 0 saturated heterocycles. The van der Waals surface area contributed by atoms with Crippen LogP contribution in [0, 0.1) is 6.92 Å². The van der Waals surface area contributed by atoms with Crippen molar-refractivity contribution >= 4 is 35.3 Å². The molecule has 1 N–H and O–H groups in total. The number of carbonyl (C=O) groups excluding carboxylic acids is 2. The maximum atomic E-state index is 13.6. The zero-order valence-electron chi connectivity index (χ0n) is 21.2. The highest BCUT2D eigenvalue weighted by Crippen LogP contribution is 2.42. The quantitative estimate of drug-likeness (QED) is 0.269. The second kappa shape index (κ2) is 11.7. The Hall–Kier alpha value is -3.57. The molecule has 2 amide bonds. The van der Waals surface area contributed by atoms with Crippen molar-refractivity contribution < 1.29 is 9.59 Å². The van der Waals surface area contributed by atoms with E-state index in [-0.39, 0.29) is 11.8 Å². The first-order chi connectivity index (χ1) is 18.1. The number of hydrogen-bond acceptors (Lipinski definition) is 3. The number of benzene rings is 3. The molecule has 3 aromatic carbocycles. The van der Waals surface area contributed by atoms with Crippen LogP contribution in [0.15, 0.2) is 94.2 Å². The summed E-state index contributed by atoms with van der Waals surface area (Å²) in [6.07, 6.45) is 10.0. The van der Waals surface area contributed by atoms with Crippen molar-refractivity contribution in [1.82, 2.24) is 5.32 Å². The van der Waals surface area contributed by atoms with Crippen molar-refractivity contribution in [2.24, 2.45) is 0 Å². The summed E-state index contributed by atoms with van der Waals surface area (Å²) in [5.41, 5.74) is 6.23. The number of allylic oxidation sites excluding steroid dienone is 1. The number of fused-ring (bicyclic) bond motifs is 1. The molecule has 188 valence electrons. The number of carbonyl (C=O) groups is 2. The monoisotopic (exact) mass is 508 g/mol. The first-order valence-corrected chi connectivity index (χ1v) is 13.8. The van der Waals surface area contributed by atoms with Gasteiger partial charge in [-0.05, 0) is 86.1 Å². The van der Waals surface area contributed by atoms with Gasteiger partial charge in [0.05, 0.1) is 17.1 Å². The van der Waals surface area contributed by atoms with E-state index in [4.69, 9.17) is 0 Å². The van der Waals surface area contributed by atoms with E-state index >= 15 is 0 Å². The summed E-state index contributed by atoms with van der Waals surface area (Å²) in [4.78, 5) is 29.8. The number of anilines is 1. The Labute approximate surface area is 223 Å². The fourth-order valence-electron chi connectivity index (χ4n) is 4.83. The van der Waals surface area contributed by atoms with Crippen LogP contribution in [0.5, 0.6) is 0 Å². The van der Waals surface area contributed by atoms with E-state index in [1.54, 1.807) is 0 Å². The summed E-state index contributed by atoms with van der Waals surface area (Å²) >= 11 is 1.50. The van der Waals surface area contributed by atoms with Gasteiger partial charge in [0.2, 0.25) is 0 Å². The van der Waals surface area contributed by atoms with E-state index in [0.717, 1.165) is 41.0 Å². The summed E-state index contributed by atoms with van der Waals surface area (Å²) in [6.45, 7) is 3.26. The minimum Gasteiger partial charge on any atom is -0.352 e. The minimum atomic E-state index is -0.0583. The molecule has 5 heteroatoms. The number of rotatable bonds is 7. The molecule has 0 bridgehead atoms. The number of thioether (sulfide) groups is 1. The van der Waals surface area contributed by atoms with E-state index < -0.39 is 0 Å². The third-order valence-corrected chi connectivity index (χ3v) is 8.09. The molecule has 37 heavy (non-hydrogen) atoms. The van der Waals surface area contributed by atoms with Crippen LogP contribution < -0.4 is 10.2 Å². The third-order valence-electron chi connectivity index (χ3n) is 7.01. The van der Waals surface area contributed by atoms with Crippen molar-refractivity contribution in [3.63, 3.8) is 0 Å². The topological polar surface area (TPSA) is 49.4 Å². The SMILES string of the molecule is Cc1ccccc1CN1C(=O)/C(=C\c2ccc(C(=O)NCCC3=CCCCC3)cc2)Sc2ccccc21. The maximum absolute atomic E-state index is 13.6. The summed E-state index contributed by atoms with van der Waals surface area (Å²) in [5.74, 6) is -0.0668. The Kier molecular flexibility index (Phi) is 7.90. The predicted molar refractivity (Wildman–Crippen MR) is 153 cm³/mol. The van der Waals surface area contributed by atoms with Gasteiger partial charge in [-0.25, -0.2) is 0 Å². The Morgan fingerprint density at radius 1 is 1.00 bits per heavy atom. The van der Waals surface area contributed by atoms with Crippen LogP contribution in [0.1, 0.15) is 59.2 Å². The van der Waals surface area contributed by atoms with Crippen LogP contribution in [-0.4, -0.2) is 18.4 Å². The van der Waals surface area contributed by atoms with Gasteiger partial charge >= 0.3 is 0 Å². The summed E-state index contributed by atoms with van der Waals surface area (Å²) in [6, 6.07) is 23.7. The molecule has 0 fully saturated rings. The van der Waals surface area contributed by atoms with E-state index in [0.29, 0.717) is 23.6 Å². The molecule has 1 heterocycles. The molecule has 0 atom stereocenters. The van der Waals surface area contributed by atoms with Gasteiger partial charge < -0.3 is 10.2 Å². The van der Waals surface area contributed by atoms with Gasteiger partial charge in [-0.2, -0.15) is 0 Å². The lowest BCUT2D eigenvalue weighted by Gasteiger charge is -2.31. The molecular weight excluding hydrogens is 476 g/mol. The fourth-order valence-corrected chi connectivity index (χ4v) is 5.89. The predicted octanol–water partition coefficient (Wildman–Crippen LogP) is 7.30. The summed E-state index contributed by atoms with van der Waals surface area (Å²) in [5, 5.41) is 3.04. The Balaban J connectivity index is 1.29. The van der Waals surface area contributed by atoms with Crippen LogP contribution in [0.2, 0.25) is 0 Å². The van der Waals surface area contributed by atoms with E-state index in [1.165, 1.54) is 35.7 Å². The number of para-hydroxylation sites is 1. The van der Waals surface area contributed by atoms with Crippen molar-refractivity contribution in [2.75, 3.05) is 11.4 Å². The van der Waals surface area contributed by atoms with Crippen LogP contribution >= 0.6 is 11.8 Å². The van der Waals surface area contributed by atoms with E-state index in [9.17, 15) is 9.59 Å². The van der Waals surface area contributed by atoms with Gasteiger partial charge in [0.1, 0.15) is 0 Å². The molecule has 1 aliphatic heterocycles. The summed E-state index contributed by atoms with van der Waals surface area (Å²) < 4.78 is 0. The molecule has 0 unspecified atom stereocenters. The maximum Gasteiger partial charge on any atom is 0.265 e. The molecule has 5 rings (SSSR count). The van der Waals surface area contributed by atoms with Crippen molar-refractivity contribution in [2.45, 2.75) is 50.5 Å². The average molecular weight is 509 g/mol. The molecule has 0 spiro atoms. The van der Waals surface area contributed by atoms with Gasteiger partial charge in [0.25, 0.3) is 11.8 Å². The highest BCUT2D eigenvalue weighted by molar-refractivity contribution is 8.04. The van der Waals surface area contributed by atoms with E-state index in [1.807, 2.05) is 65.6 Å². The lowest BCUT2D eigenvalue weighted by atomic mass is 9.97. The molecule has 1 aliphatic carbocycles. The smallest absolute Gasteiger partial charge is 0.265 e. The minimum absolute atomic E-state index is 0.00853. The zero-order chi connectivity index (χ0) is 25.6. The number of amides is 2. The number of nitrogens with zero attached hydrogens (tertiary/aromatic N) is 1. The van der Waals surface area contributed by atoms with Crippen LogP contribution in [0.3, 0.4) is 0 Å². The third kappa shape index (κ3) is 6.05. The molecular formula is C32H32N2O2S. The highest BCUT2D eigenvalue weighted by Gasteiger charge is 2.29. The normalized spacial score (nSPS) is 16.4. The Morgan fingerprint density at radius 2 is 1.78 bits per heavy atom. The van der Waals surface area contributed by atoms with Crippen molar-refractivity contribution in [3.8, 4) is 0 Å². The number of nitrogens with one attached hydrogen (secondary N) is 1. The molecule has 0 radical (unpaired) electrons. The van der Waals surface area contributed by atoms with E-state index in [2.05, 4.69) is 36.5 Å². The lowest BCUT2D eigenvalue weighted by Crippen LogP contribution is -2.33. The van der Waals surface area contributed by atoms with Crippen molar-refractivity contribution in [1.29, 1.82) is 0 Å². The first kappa shape index (κ1) is 25.1. The first-order valence-electron chi connectivity index (χ1n) is 13.0. The molecule has 3 aromatic rings. The highest BCUT2D eigenvalue weighted by atomic mass is 32.2. The molecule has 4 nitrogen and oxygen atoms in total. The van der Waals surface area contributed by atoms with Gasteiger partial charge in [-0.3, -0.25) is 9.59 Å². The fraction of sp³-hybridized carbons (Fsp3) is 0.250. The van der Waals surface area contributed by atoms with Gasteiger partial charge in [0, 0.05) is 17.0 Å². The van der Waals surface area contributed by atoms with Gasteiger partial charge in [0.15, 0.2) is 0 Å². The van der Waals surface area contributed by atoms with Gasteiger partial charge in [-0.1, -0.05) is 71.9 Å².